The minimum absolute atomic E-state index is 0.0792. The van der Waals surface area contributed by atoms with E-state index in [0.717, 1.165) is 0 Å². The van der Waals surface area contributed by atoms with Crippen molar-refractivity contribution in [3.05, 3.63) is 58.4 Å². The lowest BCUT2D eigenvalue weighted by Gasteiger charge is -2.12. The summed E-state index contributed by atoms with van der Waals surface area (Å²) < 4.78 is 36.7. The highest BCUT2D eigenvalue weighted by molar-refractivity contribution is 5.83. The highest BCUT2D eigenvalue weighted by Gasteiger charge is 2.18. The third-order valence-electron chi connectivity index (χ3n) is 3.35. The molecule has 7 nitrogen and oxygen atoms in total. The van der Waals surface area contributed by atoms with Gasteiger partial charge >= 0.3 is 0 Å². The Morgan fingerprint density at radius 2 is 1.88 bits per heavy atom. The summed E-state index contributed by atoms with van der Waals surface area (Å²) >= 11 is 0. The van der Waals surface area contributed by atoms with E-state index < -0.39 is 17.2 Å². The van der Waals surface area contributed by atoms with Gasteiger partial charge in [-0.1, -0.05) is 12.1 Å². The number of nitro groups is 1. The molecular formula is C16H11F2N3O4. The van der Waals surface area contributed by atoms with Gasteiger partial charge in [0.1, 0.15) is 0 Å². The SMILES string of the molecule is COc1cc([N+](=O)[O-])ccc1Oc1nc(C(F)F)nc2ccccc12. The number of para-hydroxylation sites is 1. The number of nitro benzene ring substituents is 1. The fraction of sp³-hybridized carbons (Fsp3) is 0.125. The van der Waals surface area contributed by atoms with E-state index in [4.69, 9.17) is 9.47 Å². The number of halogens is 2. The van der Waals surface area contributed by atoms with Gasteiger partial charge in [-0.25, -0.2) is 13.8 Å². The molecule has 0 aliphatic rings. The summed E-state index contributed by atoms with van der Waals surface area (Å²) in [6.07, 6.45) is -2.87. The maximum absolute atomic E-state index is 13.0. The van der Waals surface area contributed by atoms with Crippen LogP contribution in [-0.4, -0.2) is 22.0 Å². The van der Waals surface area contributed by atoms with Crippen LogP contribution in [-0.2, 0) is 0 Å². The van der Waals surface area contributed by atoms with Crippen LogP contribution in [0, 0.1) is 10.1 Å². The number of fused-ring (bicyclic) bond motifs is 1. The van der Waals surface area contributed by atoms with Crippen LogP contribution in [0.1, 0.15) is 12.2 Å². The minimum atomic E-state index is -2.87. The number of ether oxygens (including phenoxy) is 2. The Kier molecular flexibility index (Phi) is 4.38. The van der Waals surface area contributed by atoms with Crippen molar-refractivity contribution in [3.8, 4) is 17.4 Å². The van der Waals surface area contributed by atoms with Crippen LogP contribution in [0.3, 0.4) is 0 Å². The number of non-ortho nitro benzene ring substituents is 1. The number of alkyl halides is 2. The van der Waals surface area contributed by atoms with Gasteiger partial charge in [-0.15, -0.1) is 0 Å². The smallest absolute Gasteiger partial charge is 0.297 e. The standard InChI is InChI=1S/C16H11F2N3O4/c1-24-13-8-9(21(22)23)6-7-12(13)25-16-10-4-2-3-5-11(10)19-15(20-16)14(17)18/h2-8,14H,1H3. The third kappa shape index (κ3) is 3.30. The largest absolute Gasteiger partial charge is 0.493 e. The Bertz CT molecular complexity index is 950. The Morgan fingerprint density at radius 3 is 2.56 bits per heavy atom. The van der Waals surface area contributed by atoms with Crippen molar-refractivity contribution in [2.45, 2.75) is 6.43 Å². The second-order valence-electron chi connectivity index (χ2n) is 4.90. The van der Waals surface area contributed by atoms with E-state index >= 15 is 0 Å². The van der Waals surface area contributed by atoms with Gasteiger partial charge in [0.25, 0.3) is 12.1 Å². The summed E-state index contributed by atoms with van der Waals surface area (Å²) in [4.78, 5) is 17.8. The van der Waals surface area contributed by atoms with Crippen LogP contribution >= 0.6 is 0 Å². The van der Waals surface area contributed by atoms with E-state index in [-0.39, 0.29) is 23.1 Å². The van der Waals surface area contributed by atoms with E-state index in [1.54, 1.807) is 24.3 Å². The molecule has 0 bridgehead atoms. The van der Waals surface area contributed by atoms with E-state index in [1.807, 2.05) is 0 Å². The molecule has 0 fully saturated rings. The average molecular weight is 347 g/mol. The van der Waals surface area contributed by atoms with Crippen LogP contribution in [0.4, 0.5) is 14.5 Å². The number of aromatic nitrogens is 2. The molecule has 25 heavy (non-hydrogen) atoms. The van der Waals surface area contributed by atoms with Gasteiger partial charge in [0.15, 0.2) is 17.3 Å². The molecule has 2 aromatic carbocycles. The second kappa shape index (κ2) is 6.63. The number of methoxy groups -OCH3 is 1. The molecule has 0 saturated heterocycles. The highest BCUT2D eigenvalue weighted by atomic mass is 19.3. The van der Waals surface area contributed by atoms with E-state index in [0.29, 0.717) is 10.9 Å². The van der Waals surface area contributed by atoms with E-state index in [1.165, 1.54) is 25.3 Å². The molecule has 0 spiro atoms. The highest BCUT2D eigenvalue weighted by Crippen LogP contribution is 2.36. The van der Waals surface area contributed by atoms with Gasteiger partial charge in [0.2, 0.25) is 5.88 Å². The number of nitrogens with zero attached hydrogens (tertiary/aromatic N) is 3. The summed E-state index contributed by atoms with van der Waals surface area (Å²) in [5.74, 6) is -0.574. The summed E-state index contributed by atoms with van der Waals surface area (Å²) in [6.45, 7) is 0. The number of benzene rings is 2. The molecule has 128 valence electrons. The molecule has 0 amide bonds. The zero-order chi connectivity index (χ0) is 18.0. The van der Waals surface area contributed by atoms with Crippen molar-refractivity contribution in [1.82, 2.24) is 9.97 Å². The van der Waals surface area contributed by atoms with Crippen LogP contribution < -0.4 is 9.47 Å². The number of hydrogen-bond acceptors (Lipinski definition) is 6. The summed E-state index contributed by atoms with van der Waals surface area (Å²) in [5.41, 5.74) is 0.105. The monoisotopic (exact) mass is 347 g/mol. The zero-order valence-corrected chi connectivity index (χ0v) is 12.8. The van der Waals surface area contributed by atoms with Crippen molar-refractivity contribution >= 4 is 16.6 Å². The van der Waals surface area contributed by atoms with Crippen molar-refractivity contribution in [2.24, 2.45) is 0 Å². The van der Waals surface area contributed by atoms with Crippen molar-refractivity contribution < 1.29 is 23.2 Å². The van der Waals surface area contributed by atoms with Crippen LogP contribution in [0.5, 0.6) is 17.4 Å². The molecule has 9 heteroatoms. The first kappa shape index (κ1) is 16.5. The van der Waals surface area contributed by atoms with E-state index in [9.17, 15) is 18.9 Å². The fourth-order valence-electron chi connectivity index (χ4n) is 2.20. The molecule has 0 aliphatic heterocycles. The lowest BCUT2D eigenvalue weighted by Crippen LogP contribution is -2.00. The minimum Gasteiger partial charge on any atom is -0.493 e. The van der Waals surface area contributed by atoms with Crippen LogP contribution in [0.2, 0.25) is 0 Å². The Hall–Kier alpha value is -3.36. The molecule has 0 atom stereocenters. The van der Waals surface area contributed by atoms with Crippen LogP contribution in [0.15, 0.2) is 42.5 Å². The van der Waals surface area contributed by atoms with Crippen molar-refractivity contribution in [2.75, 3.05) is 7.11 Å². The van der Waals surface area contributed by atoms with Crippen LogP contribution in [0.25, 0.3) is 10.9 Å². The quantitative estimate of drug-likeness (QED) is 0.506. The first-order chi connectivity index (χ1) is 12.0. The average Bonchev–Trinajstić information content (AvgIpc) is 2.61. The van der Waals surface area contributed by atoms with Gasteiger partial charge in [0.05, 0.1) is 29.0 Å². The summed E-state index contributed by atoms with van der Waals surface area (Å²) in [5, 5.41) is 11.3. The summed E-state index contributed by atoms with van der Waals surface area (Å²) in [6, 6.07) is 10.2. The molecule has 0 N–H and O–H groups in total. The van der Waals surface area contributed by atoms with Gasteiger partial charge in [-0.05, 0) is 18.2 Å². The second-order valence-corrected chi connectivity index (χ2v) is 4.90. The first-order valence-corrected chi connectivity index (χ1v) is 7.04. The zero-order valence-electron chi connectivity index (χ0n) is 12.8. The number of hydrogen-bond donors (Lipinski definition) is 0. The molecule has 0 radical (unpaired) electrons. The molecule has 0 saturated carbocycles. The Balaban J connectivity index is 2.10. The van der Waals surface area contributed by atoms with Gasteiger partial charge in [0, 0.05) is 6.07 Å². The molecule has 1 heterocycles. The molecule has 3 rings (SSSR count). The molecule has 0 aliphatic carbocycles. The van der Waals surface area contributed by atoms with Gasteiger partial charge < -0.3 is 9.47 Å². The Labute approximate surface area is 140 Å². The molecule has 0 unspecified atom stereocenters. The summed E-state index contributed by atoms with van der Waals surface area (Å²) in [7, 11) is 1.31. The fourth-order valence-corrected chi connectivity index (χ4v) is 2.20. The van der Waals surface area contributed by atoms with Crippen molar-refractivity contribution in [3.63, 3.8) is 0 Å². The molecule has 3 aromatic rings. The van der Waals surface area contributed by atoms with Crippen molar-refractivity contribution in [1.29, 1.82) is 0 Å². The number of rotatable bonds is 5. The van der Waals surface area contributed by atoms with Gasteiger partial charge in [-0.2, -0.15) is 4.98 Å². The van der Waals surface area contributed by atoms with Gasteiger partial charge in [-0.3, -0.25) is 10.1 Å². The predicted octanol–water partition coefficient (Wildman–Crippen LogP) is 4.28. The molecular weight excluding hydrogens is 336 g/mol. The first-order valence-electron chi connectivity index (χ1n) is 7.04. The normalized spacial score (nSPS) is 10.9. The molecule has 1 aromatic heterocycles. The topological polar surface area (TPSA) is 87.4 Å². The predicted molar refractivity (Wildman–Crippen MR) is 84.2 cm³/mol. The third-order valence-corrected chi connectivity index (χ3v) is 3.35. The Morgan fingerprint density at radius 1 is 1.12 bits per heavy atom. The maximum atomic E-state index is 13.0. The van der Waals surface area contributed by atoms with E-state index in [2.05, 4.69) is 9.97 Å². The lowest BCUT2D eigenvalue weighted by molar-refractivity contribution is -0.384. The maximum Gasteiger partial charge on any atom is 0.297 e. The lowest BCUT2D eigenvalue weighted by atomic mass is 10.2.